The van der Waals surface area contributed by atoms with Crippen LogP contribution in [-0.4, -0.2) is 33.6 Å². The van der Waals surface area contributed by atoms with E-state index in [0.29, 0.717) is 22.7 Å². The monoisotopic (exact) mass is 417 g/mol. The van der Waals surface area contributed by atoms with E-state index in [1.165, 1.54) is 37.4 Å². The van der Waals surface area contributed by atoms with Gasteiger partial charge in [0.25, 0.3) is 5.91 Å². The Morgan fingerprint density at radius 1 is 1.07 bits per heavy atom. The summed E-state index contributed by atoms with van der Waals surface area (Å²) in [5.74, 6) is 0.249. The highest BCUT2D eigenvalue weighted by Gasteiger charge is 2.19. The SMILES string of the molecule is COc1cc(C#N)ccc1O[C@H](C)C(=O)Nc1ccc(S(=O)(=O)NC(C)C)cc1. The first-order chi connectivity index (χ1) is 13.7. The Bertz CT molecular complexity index is 1010. The van der Waals surface area contributed by atoms with Crippen LogP contribution in [0.3, 0.4) is 0 Å². The molecule has 0 bridgehead atoms. The van der Waals surface area contributed by atoms with E-state index >= 15 is 0 Å². The summed E-state index contributed by atoms with van der Waals surface area (Å²) in [6, 6.07) is 12.2. The Kier molecular flexibility index (Phi) is 7.20. The van der Waals surface area contributed by atoms with Crippen LogP contribution in [0.5, 0.6) is 11.5 Å². The molecule has 0 aliphatic carbocycles. The second-order valence-corrected chi connectivity index (χ2v) is 8.24. The number of carbonyl (C=O) groups excluding carboxylic acids is 1. The van der Waals surface area contributed by atoms with Gasteiger partial charge in [0.05, 0.1) is 23.6 Å². The van der Waals surface area contributed by atoms with E-state index in [4.69, 9.17) is 14.7 Å². The standard InChI is InChI=1S/C20H23N3O5S/c1-13(2)23-29(25,26)17-8-6-16(7-9-17)22-20(24)14(3)28-18-10-5-15(12-21)11-19(18)27-4/h5-11,13-14,23H,1-4H3,(H,22,24)/t14-/m1/s1. The third kappa shape index (κ3) is 5.94. The molecule has 29 heavy (non-hydrogen) atoms. The van der Waals surface area contributed by atoms with Crippen molar-refractivity contribution in [2.24, 2.45) is 0 Å². The minimum absolute atomic E-state index is 0.107. The summed E-state index contributed by atoms with van der Waals surface area (Å²) in [6.45, 7) is 5.03. The number of hydrogen-bond donors (Lipinski definition) is 2. The van der Waals surface area contributed by atoms with Gasteiger partial charge in [-0.1, -0.05) is 0 Å². The molecule has 0 aliphatic rings. The van der Waals surface area contributed by atoms with Gasteiger partial charge in [0, 0.05) is 17.8 Å². The number of methoxy groups -OCH3 is 1. The second-order valence-electron chi connectivity index (χ2n) is 6.53. The molecule has 2 rings (SSSR count). The van der Waals surface area contributed by atoms with Gasteiger partial charge < -0.3 is 14.8 Å². The lowest BCUT2D eigenvalue weighted by Crippen LogP contribution is -2.31. The van der Waals surface area contributed by atoms with Crippen molar-refractivity contribution < 1.29 is 22.7 Å². The maximum absolute atomic E-state index is 12.4. The maximum Gasteiger partial charge on any atom is 0.265 e. The lowest BCUT2D eigenvalue weighted by Gasteiger charge is -2.17. The highest BCUT2D eigenvalue weighted by atomic mass is 32.2. The van der Waals surface area contributed by atoms with E-state index < -0.39 is 22.0 Å². The Labute approximate surface area is 170 Å². The van der Waals surface area contributed by atoms with Gasteiger partial charge >= 0.3 is 0 Å². The molecule has 0 aromatic heterocycles. The number of anilines is 1. The van der Waals surface area contributed by atoms with Crippen LogP contribution in [0.4, 0.5) is 5.69 Å². The van der Waals surface area contributed by atoms with E-state index in [2.05, 4.69) is 10.0 Å². The minimum Gasteiger partial charge on any atom is -0.493 e. The number of carbonyl (C=O) groups is 1. The van der Waals surface area contributed by atoms with Crippen LogP contribution in [0, 0.1) is 11.3 Å². The van der Waals surface area contributed by atoms with Crippen LogP contribution in [0.25, 0.3) is 0 Å². The zero-order chi connectivity index (χ0) is 21.6. The Balaban J connectivity index is 2.06. The first-order valence-electron chi connectivity index (χ1n) is 8.84. The Morgan fingerprint density at radius 2 is 1.72 bits per heavy atom. The molecule has 8 nitrogen and oxygen atoms in total. The molecule has 154 valence electrons. The van der Waals surface area contributed by atoms with Crippen molar-refractivity contribution in [1.82, 2.24) is 4.72 Å². The largest absolute Gasteiger partial charge is 0.493 e. The van der Waals surface area contributed by atoms with E-state index in [9.17, 15) is 13.2 Å². The van der Waals surface area contributed by atoms with Crippen molar-refractivity contribution in [2.45, 2.75) is 37.8 Å². The zero-order valence-corrected chi connectivity index (χ0v) is 17.4. The van der Waals surface area contributed by atoms with Gasteiger partial charge in [-0.2, -0.15) is 5.26 Å². The number of hydrogen-bond acceptors (Lipinski definition) is 6. The molecule has 2 N–H and O–H groups in total. The quantitative estimate of drug-likeness (QED) is 0.682. The Morgan fingerprint density at radius 3 is 2.28 bits per heavy atom. The third-order valence-electron chi connectivity index (χ3n) is 3.79. The van der Waals surface area contributed by atoms with Crippen LogP contribution in [0.15, 0.2) is 47.4 Å². The molecule has 0 radical (unpaired) electrons. The molecular weight excluding hydrogens is 394 g/mol. The van der Waals surface area contributed by atoms with E-state index in [1.807, 2.05) is 6.07 Å². The zero-order valence-electron chi connectivity index (χ0n) is 16.6. The number of amides is 1. The fourth-order valence-corrected chi connectivity index (χ4v) is 3.67. The van der Waals surface area contributed by atoms with E-state index in [-0.39, 0.29) is 10.9 Å². The lowest BCUT2D eigenvalue weighted by molar-refractivity contribution is -0.122. The summed E-state index contributed by atoms with van der Waals surface area (Å²) in [6.07, 6.45) is -0.858. The van der Waals surface area contributed by atoms with E-state index in [0.717, 1.165) is 0 Å². The third-order valence-corrected chi connectivity index (χ3v) is 5.46. The Hall–Kier alpha value is -3.09. The molecule has 0 saturated heterocycles. The number of sulfonamides is 1. The highest BCUT2D eigenvalue weighted by Crippen LogP contribution is 2.29. The van der Waals surface area contributed by atoms with Gasteiger partial charge in [-0.25, -0.2) is 13.1 Å². The highest BCUT2D eigenvalue weighted by molar-refractivity contribution is 7.89. The predicted molar refractivity (Wildman–Crippen MR) is 108 cm³/mol. The molecule has 0 fully saturated rings. The molecule has 9 heteroatoms. The summed E-state index contributed by atoms with van der Waals surface area (Å²) < 4.78 is 37.6. The first kappa shape index (κ1) is 22.2. The first-order valence-corrected chi connectivity index (χ1v) is 10.3. The van der Waals surface area contributed by atoms with Crippen molar-refractivity contribution in [1.29, 1.82) is 5.26 Å². The van der Waals surface area contributed by atoms with Crippen molar-refractivity contribution in [3.63, 3.8) is 0 Å². The molecule has 1 amide bonds. The molecule has 0 saturated carbocycles. The van der Waals surface area contributed by atoms with Crippen molar-refractivity contribution in [3.8, 4) is 17.6 Å². The number of nitrogens with one attached hydrogen (secondary N) is 2. The van der Waals surface area contributed by atoms with Gasteiger partial charge in [-0.15, -0.1) is 0 Å². The molecular formula is C20H23N3O5S. The number of nitriles is 1. The van der Waals surface area contributed by atoms with Crippen LogP contribution in [-0.2, 0) is 14.8 Å². The number of nitrogens with zero attached hydrogens (tertiary/aromatic N) is 1. The number of rotatable bonds is 8. The summed E-state index contributed by atoms with van der Waals surface area (Å²) in [7, 11) is -2.16. The van der Waals surface area contributed by atoms with Crippen LogP contribution < -0.4 is 19.5 Å². The maximum atomic E-state index is 12.4. The fourth-order valence-electron chi connectivity index (χ4n) is 2.42. The number of benzene rings is 2. The molecule has 0 unspecified atom stereocenters. The molecule has 1 atom stereocenters. The summed E-state index contributed by atoms with van der Waals surface area (Å²) in [4.78, 5) is 12.5. The minimum atomic E-state index is -3.60. The van der Waals surface area contributed by atoms with Crippen molar-refractivity contribution >= 4 is 21.6 Å². The van der Waals surface area contributed by atoms with E-state index in [1.54, 1.807) is 32.9 Å². The smallest absolute Gasteiger partial charge is 0.265 e. The van der Waals surface area contributed by atoms with Crippen LogP contribution in [0.1, 0.15) is 26.3 Å². The van der Waals surface area contributed by atoms with Crippen molar-refractivity contribution in [2.75, 3.05) is 12.4 Å². The van der Waals surface area contributed by atoms with Crippen molar-refractivity contribution in [3.05, 3.63) is 48.0 Å². The second kappa shape index (κ2) is 9.41. The normalized spacial score (nSPS) is 12.1. The van der Waals surface area contributed by atoms with Gasteiger partial charge in [-0.05, 0) is 57.2 Å². The predicted octanol–water partition coefficient (Wildman–Crippen LogP) is 2.66. The molecule has 2 aromatic carbocycles. The molecule has 0 spiro atoms. The van der Waals surface area contributed by atoms with Crippen LogP contribution >= 0.6 is 0 Å². The summed E-state index contributed by atoms with van der Waals surface area (Å²) in [5.41, 5.74) is 0.842. The fraction of sp³-hybridized carbons (Fsp3) is 0.300. The lowest BCUT2D eigenvalue weighted by atomic mass is 10.2. The van der Waals surface area contributed by atoms with Gasteiger partial charge in [-0.3, -0.25) is 4.79 Å². The average Bonchev–Trinajstić information content (AvgIpc) is 2.67. The van der Waals surface area contributed by atoms with Gasteiger partial charge in [0.15, 0.2) is 17.6 Å². The molecule has 0 aliphatic heterocycles. The molecule has 0 heterocycles. The van der Waals surface area contributed by atoms with Gasteiger partial charge in [0.1, 0.15) is 0 Å². The summed E-state index contributed by atoms with van der Waals surface area (Å²) in [5, 5.41) is 11.6. The molecule has 2 aromatic rings. The topological polar surface area (TPSA) is 118 Å². The summed E-state index contributed by atoms with van der Waals surface area (Å²) >= 11 is 0. The number of ether oxygens (including phenoxy) is 2. The van der Waals surface area contributed by atoms with Gasteiger partial charge in [0.2, 0.25) is 10.0 Å². The average molecular weight is 417 g/mol. The van der Waals surface area contributed by atoms with Crippen LogP contribution in [0.2, 0.25) is 0 Å².